The van der Waals surface area contributed by atoms with Gasteiger partial charge in [0.2, 0.25) is 0 Å². The van der Waals surface area contributed by atoms with Crippen LogP contribution in [0, 0.1) is 0 Å². The van der Waals surface area contributed by atoms with Gasteiger partial charge in [-0.05, 0) is 54.8 Å². The van der Waals surface area contributed by atoms with E-state index in [4.69, 9.17) is 14.2 Å². The molecule has 5 rings (SSSR count). The first-order chi connectivity index (χ1) is 19.0. The lowest BCUT2D eigenvalue weighted by Crippen LogP contribution is -2.42. The summed E-state index contributed by atoms with van der Waals surface area (Å²) >= 11 is 0. The van der Waals surface area contributed by atoms with Gasteiger partial charge in [0.25, 0.3) is 11.7 Å². The molecular formula is C31H38N2O6. The normalized spacial score (nSPS) is 22.7. The third-order valence-corrected chi connectivity index (χ3v) is 7.66. The van der Waals surface area contributed by atoms with Crippen molar-refractivity contribution in [1.29, 1.82) is 0 Å². The average molecular weight is 535 g/mol. The van der Waals surface area contributed by atoms with Crippen molar-refractivity contribution in [3.63, 3.8) is 0 Å². The Morgan fingerprint density at radius 2 is 1.90 bits per heavy atom. The van der Waals surface area contributed by atoms with Gasteiger partial charge in [0.15, 0.2) is 0 Å². The number of likely N-dealkylation sites (tertiary alicyclic amines) is 1. The van der Waals surface area contributed by atoms with Gasteiger partial charge in [-0.15, -0.1) is 0 Å². The Balaban J connectivity index is 1.49. The molecule has 0 unspecified atom stereocenters. The minimum atomic E-state index is -0.714. The molecule has 2 fully saturated rings. The molecule has 0 radical (unpaired) electrons. The van der Waals surface area contributed by atoms with E-state index >= 15 is 0 Å². The number of rotatable bonds is 10. The third kappa shape index (κ3) is 5.97. The van der Waals surface area contributed by atoms with Crippen molar-refractivity contribution in [2.24, 2.45) is 0 Å². The van der Waals surface area contributed by atoms with Crippen LogP contribution in [-0.2, 0) is 20.7 Å². The predicted octanol–water partition coefficient (Wildman–Crippen LogP) is 4.33. The quantitative estimate of drug-likeness (QED) is 0.210. The van der Waals surface area contributed by atoms with E-state index < -0.39 is 17.7 Å². The SMILES string of the molecule is CCCCCOc1cccc([C@H]2C(=C(O)c3ccc4c(c3)C[C@H](C)O4)C(=O)C(=O)N2CCN2CCOCC2)c1. The molecule has 1 amide bonds. The van der Waals surface area contributed by atoms with Gasteiger partial charge in [-0.2, -0.15) is 0 Å². The molecule has 2 atom stereocenters. The molecule has 2 aromatic carbocycles. The molecule has 0 aliphatic carbocycles. The summed E-state index contributed by atoms with van der Waals surface area (Å²) in [6.45, 7) is 8.60. The largest absolute Gasteiger partial charge is 0.507 e. The molecule has 0 saturated carbocycles. The first kappa shape index (κ1) is 27.2. The fourth-order valence-electron chi connectivity index (χ4n) is 5.57. The van der Waals surface area contributed by atoms with Crippen molar-refractivity contribution in [2.45, 2.75) is 51.7 Å². The molecule has 8 heteroatoms. The number of aliphatic hydroxyl groups is 1. The van der Waals surface area contributed by atoms with Crippen LogP contribution in [0.5, 0.6) is 11.5 Å². The van der Waals surface area contributed by atoms with Gasteiger partial charge in [-0.25, -0.2) is 0 Å². The van der Waals surface area contributed by atoms with Crippen LogP contribution in [0.4, 0.5) is 0 Å². The topological polar surface area (TPSA) is 88.5 Å². The number of hydrogen-bond acceptors (Lipinski definition) is 7. The number of fused-ring (bicyclic) bond motifs is 1. The molecular weight excluding hydrogens is 496 g/mol. The number of benzene rings is 2. The number of carbonyl (C=O) groups excluding carboxylic acids is 2. The van der Waals surface area contributed by atoms with Crippen molar-refractivity contribution in [3.05, 3.63) is 64.7 Å². The number of ketones is 1. The summed E-state index contributed by atoms with van der Waals surface area (Å²) < 4.78 is 17.3. The summed E-state index contributed by atoms with van der Waals surface area (Å²) in [6, 6.07) is 12.3. The zero-order valence-electron chi connectivity index (χ0n) is 22.9. The second-order valence-corrected chi connectivity index (χ2v) is 10.5. The molecule has 3 aliphatic heterocycles. The van der Waals surface area contributed by atoms with Gasteiger partial charge in [0.1, 0.15) is 23.4 Å². The van der Waals surface area contributed by atoms with Crippen LogP contribution >= 0.6 is 0 Å². The summed E-state index contributed by atoms with van der Waals surface area (Å²) in [5.41, 5.74) is 2.34. The van der Waals surface area contributed by atoms with E-state index in [1.807, 2.05) is 43.3 Å². The van der Waals surface area contributed by atoms with E-state index in [2.05, 4.69) is 11.8 Å². The maximum atomic E-state index is 13.5. The molecule has 2 saturated heterocycles. The number of nitrogens with zero attached hydrogens (tertiary/aromatic N) is 2. The lowest BCUT2D eigenvalue weighted by Gasteiger charge is -2.31. The zero-order valence-corrected chi connectivity index (χ0v) is 22.9. The van der Waals surface area contributed by atoms with Crippen molar-refractivity contribution in [2.75, 3.05) is 46.0 Å². The molecule has 208 valence electrons. The molecule has 3 heterocycles. The van der Waals surface area contributed by atoms with Crippen molar-refractivity contribution >= 4 is 17.4 Å². The maximum absolute atomic E-state index is 13.5. The van der Waals surface area contributed by atoms with E-state index in [9.17, 15) is 14.7 Å². The van der Waals surface area contributed by atoms with Gasteiger partial charge in [-0.1, -0.05) is 31.9 Å². The number of unbranched alkanes of at least 4 members (excludes halogenated alkanes) is 2. The monoisotopic (exact) mass is 534 g/mol. The fourth-order valence-corrected chi connectivity index (χ4v) is 5.57. The summed E-state index contributed by atoms with van der Waals surface area (Å²) in [4.78, 5) is 30.7. The van der Waals surface area contributed by atoms with Crippen LogP contribution in [0.1, 0.15) is 55.8 Å². The van der Waals surface area contributed by atoms with Crippen LogP contribution < -0.4 is 9.47 Å². The number of morpholine rings is 1. The Labute approximate surface area is 230 Å². The lowest BCUT2D eigenvalue weighted by atomic mass is 9.94. The van der Waals surface area contributed by atoms with Gasteiger partial charge in [0, 0.05) is 38.2 Å². The Kier molecular flexibility index (Phi) is 8.53. The molecule has 2 aromatic rings. The standard InChI is InChI=1S/C31H38N2O6/c1-3-4-5-15-38-25-8-6-7-22(20-25)28-27(29(34)23-9-10-26-24(19-23)18-21(2)39-26)30(35)31(36)33(28)12-11-32-13-16-37-17-14-32/h6-10,19-21,28,34H,3-5,11-18H2,1-2H3/t21-,28-/m0/s1. The summed E-state index contributed by atoms with van der Waals surface area (Å²) in [6.07, 6.45) is 3.94. The number of hydrogen-bond donors (Lipinski definition) is 1. The molecule has 39 heavy (non-hydrogen) atoms. The van der Waals surface area contributed by atoms with Crippen molar-refractivity contribution in [1.82, 2.24) is 9.80 Å². The third-order valence-electron chi connectivity index (χ3n) is 7.66. The van der Waals surface area contributed by atoms with E-state index in [0.717, 1.165) is 55.6 Å². The van der Waals surface area contributed by atoms with Crippen LogP contribution in [0.2, 0.25) is 0 Å². The molecule has 1 N–H and O–H groups in total. The fraction of sp³-hybridized carbons (Fsp3) is 0.484. The van der Waals surface area contributed by atoms with Crippen LogP contribution in [0.3, 0.4) is 0 Å². The highest BCUT2D eigenvalue weighted by atomic mass is 16.5. The number of ether oxygens (including phenoxy) is 3. The van der Waals surface area contributed by atoms with E-state index in [1.165, 1.54) is 0 Å². The smallest absolute Gasteiger partial charge is 0.295 e. The van der Waals surface area contributed by atoms with Crippen molar-refractivity contribution in [3.8, 4) is 11.5 Å². The number of amides is 1. The Morgan fingerprint density at radius 3 is 2.69 bits per heavy atom. The molecule has 3 aliphatic rings. The van der Waals surface area contributed by atoms with Crippen molar-refractivity contribution < 1.29 is 28.9 Å². The second kappa shape index (κ2) is 12.2. The van der Waals surface area contributed by atoms with E-state index in [0.29, 0.717) is 44.2 Å². The minimum Gasteiger partial charge on any atom is -0.507 e. The van der Waals surface area contributed by atoms with E-state index in [1.54, 1.807) is 11.0 Å². The van der Waals surface area contributed by atoms with Gasteiger partial charge in [-0.3, -0.25) is 14.5 Å². The van der Waals surface area contributed by atoms with Gasteiger partial charge >= 0.3 is 0 Å². The van der Waals surface area contributed by atoms with Crippen LogP contribution in [0.25, 0.3) is 5.76 Å². The average Bonchev–Trinajstić information content (AvgIpc) is 3.45. The molecule has 8 nitrogen and oxygen atoms in total. The zero-order chi connectivity index (χ0) is 27.4. The first-order valence-electron chi connectivity index (χ1n) is 14.1. The highest BCUT2D eigenvalue weighted by molar-refractivity contribution is 6.46. The van der Waals surface area contributed by atoms with Crippen LogP contribution in [-0.4, -0.2) is 78.7 Å². The van der Waals surface area contributed by atoms with Gasteiger partial charge in [0.05, 0.1) is 31.4 Å². The maximum Gasteiger partial charge on any atom is 0.295 e. The first-order valence-corrected chi connectivity index (χ1v) is 14.1. The summed E-state index contributed by atoms with van der Waals surface area (Å²) in [7, 11) is 0. The Bertz CT molecular complexity index is 1240. The highest BCUT2D eigenvalue weighted by Crippen LogP contribution is 2.41. The Hall–Kier alpha value is -3.36. The molecule has 0 bridgehead atoms. The predicted molar refractivity (Wildman–Crippen MR) is 148 cm³/mol. The number of Topliss-reactive ketones (excluding diaryl/α,β-unsaturated/α-hetero) is 1. The summed E-state index contributed by atoms with van der Waals surface area (Å²) in [5.74, 6) is 0.0467. The van der Waals surface area contributed by atoms with Gasteiger partial charge < -0.3 is 24.2 Å². The lowest BCUT2D eigenvalue weighted by molar-refractivity contribution is -0.140. The van der Waals surface area contributed by atoms with E-state index in [-0.39, 0.29) is 17.4 Å². The minimum absolute atomic E-state index is 0.0585. The summed E-state index contributed by atoms with van der Waals surface area (Å²) in [5, 5.41) is 11.5. The second-order valence-electron chi connectivity index (χ2n) is 10.5. The highest BCUT2D eigenvalue weighted by Gasteiger charge is 2.46. The van der Waals surface area contributed by atoms with Crippen LogP contribution in [0.15, 0.2) is 48.0 Å². The molecule has 0 spiro atoms. The number of aliphatic hydroxyl groups excluding tert-OH is 1. The molecule has 0 aromatic heterocycles. The Morgan fingerprint density at radius 1 is 1.08 bits per heavy atom. The number of carbonyl (C=O) groups is 2.